The van der Waals surface area contributed by atoms with Gasteiger partial charge in [-0.25, -0.2) is 4.68 Å². The van der Waals surface area contributed by atoms with E-state index in [1.165, 1.54) is 0 Å². The normalized spacial score (nSPS) is 10.2. The molecule has 0 fully saturated rings. The third kappa shape index (κ3) is 4.81. The number of halogens is 1. The Bertz CT molecular complexity index is 869. The van der Waals surface area contributed by atoms with Crippen LogP contribution in [0.1, 0.15) is 16.8 Å². The van der Waals surface area contributed by atoms with Crippen LogP contribution < -0.4 is 15.6 Å². The Balaban J connectivity index is 1.89. The van der Waals surface area contributed by atoms with Gasteiger partial charge in [-0.3, -0.25) is 9.59 Å². The molecule has 0 bridgehead atoms. The van der Waals surface area contributed by atoms with E-state index in [0.717, 1.165) is 4.68 Å². The minimum Gasteiger partial charge on any atom is -0.492 e. The van der Waals surface area contributed by atoms with Crippen molar-refractivity contribution in [2.24, 2.45) is 0 Å². The van der Waals surface area contributed by atoms with Crippen LogP contribution in [-0.4, -0.2) is 28.8 Å². The molecule has 1 aromatic carbocycles. The molecular weight excluding hydrogens is 344 g/mol. The first-order valence-electron chi connectivity index (χ1n) is 7.56. The van der Waals surface area contributed by atoms with Crippen LogP contribution in [0.2, 0.25) is 5.02 Å². The van der Waals surface area contributed by atoms with Crippen molar-refractivity contribution in [2.45, 2.75) is 20.4 Å². The Hall–Kier alpha value is -2.85. The van der Waals surface area contributed by atoms with Crippen molar-refractivity contribution < 1.29 is 9.53 Å². The molecule has 0 unspecified atom stereocenters. The summed E-state index contributed by atoms with van der Waals surface area (Å²) in [6, 6.07) is 8.73. The Morgan fingerprint density at radius 2 is 2.04 bits per heavy atom. The van der Waals surface area contributed by atoms with Crippen molar-refractivity contribution in [1.82, 2.24) is 15.1 Å². The summed E-state index contributed by atoms with van der Waals surface area (Å²) in [5.41, 5.74) is 0.500. The summed E-state index contributed by atoms with van der Waals surface area (Å²) in [4.78, 5) is 24.1. The summed E-state index contributed by atoms with van der Waals surface area (Å²) in [7, 11) is 0. The number of aromatic nitrogens is 2. The SMILES string of the molecule is Cc1nn(CC(=O)NCCOc2ccc(Cl)cc2)c(=O)c(C#N)c1C. The van der Waals surface area contributed by atoms with Crippen LogP contribution in [0.4, 0.5) is 0 Å². The Kier molecular flexibility index (Phi) is 6.14. The van der Waals surface area contributed by atoms with Crippen molar-refractivity contribution in [3.8, 4) is 11.8 Å². The van der Waals surface area contributed by atoms with E-state index < -0.39 is 5.56 Å². The van der Waals surface area contributed by atoms with Crippen molar-refractivity contribution in [1.29, 1.82) is 5.26 Å². The molecule has 0 spiro atoms. The fourth-order valence-electron chi connectivity index (χ4n) is 2.09. The minimum atomic E-state index is -0.571. The number of nitrogens with one attached hydrogen (secondary N) is 1. The van der Waals surface area contributed by atoms with Gasteiger partial charge in [-0.15, -0.1) is 0 Å². The van der Waals surface area contributed by atoms with Crippen LogP contribution in [0, 0.1) is 25.2 Å². The monoisotopic (exact) mass is 360 g/mol. The van der Waals surface area contributed by atoms with Crippen LogP contribution in [-0.2, 0) is 11.3 Å². The number of hydrogen-bond donors (Lipinski definition) is 1. The maximum atomic E-state index is 12.1. The molecule has 2 rings (SSSR count). The number of nitrogens with zero attached hydrogens (tertiary/aromatic N) is 3. The molecule has 8 heteroatoms. The van der Waals surface area contributed by atoms with Crippen LogP contribution in [0.3, 0.4) is 0 Å². The second-order valence-corrected chi connectivity index (χ2v) is 5.75. The first kappa shape index (κ1) is 18.5. The Labute approximate surface area is 149 Å². The molecule has 0 radical (unpaired) electrons. The lowest BCUT2D eigenvalue weighted by Gasteiger charge is -2.10. The molecule has 0 atom stereocenters. The molecule has 2 aromatic rings. The molecule has 0 aliphatic carbocycles. The van der Waals surface area contributed by atoms with Gasteiger partial charge in [0.25, 0.3) is 5.56 Å². The number of ether oxygens (including phenoxy) is 1. The van der Waals surface area contributed by atoms with E-state index in [9.17, 15) is 9.59 Å². The molecule has 0 aliphatic heterocycles. The van der Waals surface area contributed by atoms with Crippen LogP contribution in [0.15, 0.2) is 29.1 Å². The smallest absolute Gasteiger partial charge is 0.285 e. The number of rotatable bonds is 6. The third-order valence-corrected chi connectivity index (χ3v) is 3.80. The fourth-order valence-corrected chi connectivity index (χ4v) is 2.22. The maximum absolute atomic E-state index is 12.1. The van der Waals surface area contributed by atoms with Crippen molar-refractivity contribution >= 4 is 17.5 Å². The van der Waals surface area contributed by atoms with Gasteiger partial charge < -0.3 is 10.1 Å². The number of amides is 1. The molecule has 25 heavy (non-hydrogen) atoms. The zero-order valence-electron chi connectivity index (χ0n) is 13.9. The van der Waals surface area contributed by atoms with E-state index in [1.54, 1.807) is 38.1 Å². The fraction of sp³-hybridized carbons (Fsp3) is 0.294. The lowest BCUT2D eigenvalue weighted by Crippen LogP contribution is -2.37. The molecule has 7 nitrogen and oxygen atoms in total. The molecule has 1 aromatic heterocycles. The molecule has 1 heterocycles. The zero-order valence-corrected chi connectivity index (χ0v) is 14.6. The van der Waals surface area contributed by atoms with Gasteiger partial charge in [-0.2, -0.15) is 10.4 Å². The summed E-state index contributed by atoms with van der Waals surface area (Å²) in [5, 5.41) is 16.4. The highest BCUT2D eigenvalue weighted by molar-refractivity contribution is 6.30. The topological polar surface area (TPSA) is 97.0 Å². The molecular formula is C17H17ClN4O3. The molecule has 1 N–H and O–H groups in total. The van der Waals surface area contributed by atoms with Gasteiger partial charge in [-0.05, 0) is 43.7 Å². The summed E-state index contributed by atoms with van der Waals surface area (Å²) in [6.07, 6.45) is 0. The average molecular weight is 361 g/mol. The van der Waals surface area contributed by atoms with Crippen LogP contribution in [0.25, 0.3) is 0 Å². The number of nitriles is 1. The van der Waals surface area contributed by atoms with E-state index in [2.05, 4.69) is 10.4 Å². The number of hydrogen-bond acceptors (Lipinski definition) is 5. The molecule has 0 saturated carbocycles. The zero-order chi connectivity index (χ0) is 18.4. The van der Waals surface area contributed by atoms with Crippen molar-refractivity contribution in [3.63, 3.8) is 0 Å². The molecule has 0 aliphatic rings. The van der Waals surface area contributed by atoms with Gasteiger partial charge in [-0.1, -0.05) is 11.6 Å². The van der Waals surface area contributed by atoms with E-state index >= 15 is 0 Å². The van der Waals surface area contributed by atoms with Crippen LogP contribution >= 0.6 is 11.6 Å². The van der Waals surface area contributed by atoms with Crippen LogP contribution in [0.5, 0.6) is 5.75 Å². The number of carbonyl (C=O) groups excluding carboxylic acids is 1. The minimum absolute atomic E-state index is 0.00590. The lowest BCUT2D eigenvalue weighted by molar-refractivity contribution is -0.122. The summed E-state index contributed by atoms with van der Waals surface area (Å²) in [5.74, 6) is 0.255. The van der Waals surface area contributed by atoms with Crippen molar-refractivity contribution in [3.05, 3.63) is 56.5 Å². The highest BCUT2D eigenvalue weighted by atomic mass is 35.5. The second kappa shape index (κ2) is 8.31. The molecule has 130 valence electrons. The largest absolute Gasteiger partial charge is 0.492 e. The predicted octanol–water partition coefficient (Wildman–Crippen LogP) is 1.58. The van der Waals surface area contributed by atoms with Gasteiger partial charge in [0.15, 0.2) is 0 Å². The van der Waals surface area contributed by atoms with Crippen molar-refractivity contribution in [2.75, 3.05) is 13.2 Å². The number of benzene rings is 1. The second-order valence-electron chi connectivity index (χ2n) is 5.31. The average Bonchev–Trinajstić information content (AvgIpc) is 2.59. The van der Waals surface area contributed by atoms with Gasteiger partial charge >= 0.3 is 0 Å². The van der Waals surface area contributed by atoms with Gasteiger partial charge in [0, 0.05) is 5.02 Å². The standard InChI is InChI=1S/C17H17ClN4O3/c1-11-12(2)21-22(17(24)15(11)9-19)10-16(23)20-7-8-25-14-5-3-13(18)4-6-14/h3-6H,7-8,10H2,1-2H3,(H,20,23). The predicted molar refractivity (Wildman–Crippen MR) is 92.6 cm³/mol. The van der Waals surface area contributed by atoms with Gasteiger partial charge in [0.05, 0.1) is 12.2 Å². The quantitative estimate of drug-likeness (QED) is 0.789. The highest BCUT2D eigenvalue weighted by Gasteiger charge is 2.13. The Morgan fingerprint density at radius 1 is 1.36 bits per heavy atom. The first-order valence-corrected chi connectivity index (χ1v) is 7.93. The van der Waals surface area contributed by atoms with E-state index in [1.807, 2.05) is 6.07 Å². The van der Waals surface area contributed by atoms with E-state index in [4.69, 9.17) is 21.6 Å². The summed E-state index contributed by atoms with van der Waals surface area (Å²) >= 11 is 5.78. The number of aryl methyl sites for hydroxylation is 1. The third-order valence-electron chi connectivity index (χ3n) is 3.55. The Morgan fingerprint density at radius 3 is 2.68 bits per heavy atom. The van der Waals surface area contributed by atoms with E-state index in [-0.39, 0.29) is 31.2 Å². The molecule has 1 amide bonds. The summed E-state index contributed by atoms with van der Waals surface area (Å²) in [6.45, 7) is 3.62. The highest BCUT2D eigenvalue weighted by Crippen LogP contribution is 2.15. The van der Waals surface area contributed by atoms with E-state index in [0.29, 0.717) is 22.0 Å². The van der Waals surface area contributed by atoms with Gasteiger partial charge in [0.2, 0.25) is 5.91 Å². The lowest BCUT2D eigenvalue weighted by atomic mass is 10.1. The number of carbonyl (C=O) groups is 1. The summed E-state index contributed by atoms with van der Waals surface area (Å²) < 4.78 is 6.45. The van der Waals surface area contributed by atoms with Gasteiger partial charge in [0.1, 0.15) is 30.5 Å². The first-order chi connectivity index (χ1) is 11.9. The molecule has 0 saturated heterocycles. The maximum Gasteiger partial charge on any atom is 0.285 e.